The van der Waals surface area contributed by atoms with E-state index in [1.807, 2.05) is 55.5 Å². The minimum atomic E-state index is -0.405. The number of anilines is 1. The van der Waals surface area contributed by atoms with Crippen LogP contribution in [0, 0.1) is 6.92 Å². The molecule has 0 aliphatic rings. The highest BCUT2D eigenvalue weighted by atomic mass is 35.5. The number of fused-ring (bicyclic) bond motifs is 2. The maximum Gasteiger partial charge on any atom is 0.293 e. The van der Waals surface area contributed by atoms with Gasteiger partial charge in [-0.3, -0.25) is 9.59 Å². The highest BCUT2D eigenvalue weighted by molar-refractivity contribution is 6.33. The highest BCUT2D eigenvalue weighted by Gasteiger charge is 2.15. The minimum absolute atomic E-state index is 0.241. The smallest absolute Gasteiger partial charge is 0.293 e. The Bertz CT molecular complexity index is 1530. The van der Waals surface area contributed by atoms with E-state index in [0.29, 0.717) is 21.9 Å². The lowest BCUT2D eigenvalue weighted by molar-refractivity contribution is -0.117. The molecule has 32 heavy (non-hydrogen) atoms. The third-order valence-electron chi connectivity index (χ3n) is 5.34. The first-order valence-electron chi connectivity index (χ1n) is 10.00. The van der Waals surface area contributed by atoms with Gasteiger partial charge in [0, 0.05) is 5.56 Å². The van der Waals surface area contributed by atoms with E-state index in [1.54, 1.807) is 18.2 Å². The number of rotatable bonds is 4. The van der Waals surface area contributed by atoms with Crippen molar-refractivity contribution in [3.8, 4) is 11.3 Å². The Labute approximate surface area is 187 Å². The summed E-state index contributed by atoms with van der Waals surface area (Å²) in [5.41, 5.74) is 2.87. The molecule has 0 saturated carbocycles. The third kappa shape index (κ3) is 3.52. The van der Waals surface area contributed by atoms with Gasteiger partial charge in [0.05, 0.1) is 16.4 Å². The number of hydrogen-bond acceptors (Lipinski definition) is 4. The van der Waals surface area contributed by atoms with Gasteiger partial charge < -0.3 is 5.32 Å². The molecule has 2 heterocycles. The number of benzene rings is 3. The number of para-hydroxylation sites is 1. The van der Waals surface area contributed by atoms with Crippen LogP contribution in [0.4, 0.5) is 5.69 Å². The molecule has 158 valence electrons. The van der Waals surface area contributed by atoms with Gasteiger partial charge in [-0.1, -0.05) is 66.2 Å². The van der Waals surface area contributed by atoms with Gasteiger partial charge in [-0.2, -0.15) is 10.2 Å². The van der Waals surface area contributed by atoms with Crippen LogP contribution in [0.15, 0.2) is 77.9 Å². The van der Waals surface area contributed by atoms with Crippen LogP contribution in [0.5, 0.6) is 0 Å². The van der Waals surface area contributed by atoms with Crippen LogP contribution in [-0.2, 0) is 11.3 Å². The molecular formula is C24H18ClN5O2. The topological polar surface area (TPSA) is 81.3 Å². The van der Waals surface area contributed by atoms with Crippen LogP contribution in [0.3, 0.4) is 0 Å². The molecule has 0 atom stereocenters. The van der Waals surface area contributed by atoms with Crippen molar-refractivity contribution >= 4 is 39.5 Å². The van der Waals surface area contributed by atoms with Crippen LogP contribution < -0.4 is 10.9 Å². The number of nitrogens with one attached hydrogen (secondary N) is 1. The maximum absolute atomic E-state index is 13.0. The zero-order valence-electron chi connectivity index (χ0n) is 17.1. The van der Waals surface area contributed by atoms with Crippen molar-refractivity contribution in [1.29, 1.82) is 0 Å². The molecule has 7 nitrogen and oxygen atoms in total. The molecular weight excluding hydrogens is 426 g/mol. The first-order valence-corrected chi connectivity index (χ1v) is 10.4. The van der Waals surface area contributed by atoms with E-state index < -0.39 is 11.5 Å². The zero-order valence-corrected chi connectivity index (χ0v) is 17.9. The van der Waals surface area contributed by atoms with Gasteiger partial charge in [0.1, 0.15) is 18.4 Å². The Morgan fingerprint density at radius 1 is 1.06 bits per heavy atom. The largest absolute Gasteiger partial charge is 0.323 e. The van der Waals surface area contributed by atoms with E-state index in [-0.39, 0.29) is 6.54 Å². The van der Waals surface area contributed by atoms with Gasteiger partial charge in [-0.15, -0.1) is 0 Å². The van der Waals surface area contributed by atoms with Crippen molar-refractivity contribution in [3.05, 3.63) is 94.0 Å². The van der Waals surface area contributed by atoms with Gasteiger partial charge >= 0.3 is 0 Å². The standard InChI is InChI=1S/C24H18ClN5O2/c1-15-6-4-11-19(25)23(15)27-22(31)13-29-24(32)21-12-20(28-30(21)14-26-29)18-10-5-8-16-7-2-3-9-17(16)18/h2-12,14H,13H2,1H3,(H,27,31). The molecule has 0 aliphatic heterocycles. The monoisotopic (exact) mass is 443 g/mol. The SMILES string of the molecule is Cc1cccc(Cl)c1NC(=O)Cn1ncn2nc(-c3cccc4ccccc34)cc2c1=O. The lowest BCUT2D eigenvalue weighted by atomic mass is 10.0. The Morgan fingerprint density at radius 3 is 2.69 bits per heavy atom. The molecule has 5 rings (SSSR count). The number of nitrogens with zero attached hydrogens (tertiary/aromatic N) is 4. The van der Waals surface area contributed by atoms with Crippen LogP contribution in [0.2, 0.25) is 5.02 Å². The number of halogens is 1. The molecule has 0 aliphatic carbocycles. The Kier molecular flexibility index (Phi) is 4.95. The van der Waals surface area contributed by atoms with E-state index in [4.69, 9.17) is 11.6 Å². The number of hydrogen-bond donors (Lipinski definition) is 1. The molecule has 0 bridgehead atoms. The zero-order chi connectivity index (χ0) is 22.2. The maximum atomic E-state index is 13.0. The van der Waals surface area contributed by atoms with Crippen molar-refractivity contribution in [2.24, 2.45) is 0 Å². The number of carbonyl (C=O) groups is 1. The third-order valence-corrected chi connectivity index (χ3v) is 5.65. The van der Waals surface area contributed by atoms with E-state index in [0.717, 1.165) is 26.6 Å². The highest BCUT2D eigenvalue weighted by Crippen LogP contribution is 2.28. The summed E-state index contributed by atoms with van der Waals surface area (Å²) in [5.74, 6) is -0.394. The molecule has 0 radical (unpaired) electrons. The van der Waals surface area contributed by atoms with Crippen LogP contribution in [0.25, 0.3) is 27.5 Å². The first kappa shape index (κ1) is 20.0. The summed E-state index contributed by atoms with van der Waals surface area (Å²) in [4.78, 5) is 25.5. The van der Waals surface area contributed by atoms with Crippen LogP contribution in [-0.4, -0.2) is 25.3 Å². The molecule has 0 spiro atoms. The van der Waals surface area contributed by atoms with Crippen molar-refractivity contribution in [2.75, 3.05) is 5.32 Å². The second-order valence-electron chi connectivity index (χ2n) is 7.46. The number of aryl methyl sites for hydroxylation is 1. The van der Waals surface area contributed by atoms with Gasteiger partial charge in [-0.05, 0) is 35.4 Å². The molecule has 5 aromatic rings. The summed E-state index contributed by atoms with van der Waals surface area (Å²) in [5, 5.41) is 14.0. The fourth-order valence-corrected chi connectivity index (χ4v) is 4.01. The normalized spacial score (nSPS) is 11.2. The predicted molar refractivity (Wildman–Crippen MR) is 125 cm³/mol. The molecule has 2 aromatic heterocycles. The van der Waals surface area contributed by atoms with E-state index >= 15 is 0 Å². The quantitative estimate of drug-likeness (QED) is 0.448. The Balaban J connectivity index is 1.48. The van der Waals surface area contributed by atoms with Gasteiger partial charge in [0.15, 0.2) is 0 Å². The van der Waals surface area contributed by atoms with Gasteiger partial charge in [0.25, 0.3) is 5.56 Å². The number of amides is 1. The van der Waals surface area contributed by atoms with E-state index in [1.165, 1.54) is 10.8 Å². The number of aromatic nitrogens is 4. The summed E-state index contributed by atoms with van der Waals surface area (Å²) in [6.45, 7) is 1.60. The summed E-state index contributed by atoms with van der Waals surface area (Å²) in [6, 6.07) is 21.0. The van der Waals surface area contributed by atoms with Crippen LogP contribution in [0.1, 0.15) is 5.56 Å². The molecule has 0 unspecified atom stereocenters. The summed E-state index contributed by atoms with van der Waals surface area (Å²) in [6.07, 6.45) is 1.43. The second-order valence-corrected chi connectivity index (χ2v) is 7.87. The molecule has 8 heteroatoms. The van der Waals surface area contributed by atoms with E-state index in [9.17, 15) is 9.59 Å². The van der Waals surface area contributed by atoms with E-state index in [2.05, 4.69) is 15.5 Å². The van der Waals surface area contributed by atoms with Gasteiger partial charge in [-0.25, -0.2) is 9.20 Å². The predicted octanol–water partition coefficient (Wildman–Crippen LogP) is 4.31. The fourth-order valence-electron chi connectivity index (χ4n) is 3.74. The molecule has 0 saturated heterocycles. The minimum Gasteiger partial charge on any atom is -0.323 e. The number of carbonyl (C=O) groups excluding carboxylic acids is 1. The summed E-state index contributed by atoms with van der Waals surface area (Å²) >= 11 is 6.18. The average Bonchev–Trinajstić information content (AvgIpc) is 3.23. The first-order chi connectivity index (χ1) is 15.5. The summed E-state index contributed by atoms with van der Waals surface area (Å²) in [7, 11) is 0. The van der Waals surface area contributed by atoms with Crippen molar-refractivity contribution in [3.63, 3.8) is 0 Å². The lowest BCUT2D eigenvalue weighted by Gasteiger charge is -2.10. The molecule has 1 N–H and O–H groups in total. The Hall–Kier alpha value is -3.97. The van der Waals surface area contributed by atoms with Crippen molar-refractivity contribution in [2.45, 2.75) is 13.5 Å². The van der Waals surface area contributed by atoms with Crippen molar-refractivity contribution < 1.29 is 4.79 Å². The van der Waals surface area contributed by atoms with Crippen LogP contribution >= 0.6 is 11.6 Å². The second kappa shape index (κ2) is 7.94. The van der Waals surface area contributed by atoms with Crippen molar-refractivity contribution in [1.82, 2.24) is 19.4 Å². The Morgan fingerprint density at radius 2 is 1.84 bits per heavy atom. The molecule has 3 aromatic carbocycles. The fraction of sp³-hybridized carbons (Fsp3) is 0.0833. The molecule has 1 amide bonds. The average molecular weight is 444 g/mol. The van der Waals surface area contributed by atoms with Gasteiger partial charge in [0.2, 0.25) is 5.91 Å². The lowest BCUT2D eigenvalue weighted by Crippen LogP contribution is -2.30. The molecule has 0 fully saturated rings. The summed E-state index contributed by atoms with van der Waals surface area (Å²) < 4.78 is 2.55.